The van der Waals surface area contributed by atoms with Crippen LogP contribution in [0, 0.1) is 12.8 Å². The summed E-state index contributed by atoms with van der Waals surface area (Å²) in [6.45, 7) is 7.30. The van der Waals surface area contributed by atoms with Gasteiger partial charge in [0.25, 0.3) is 0 Å². The summed E-state index contributed by atoms with van der Waals surface area (Å²) < 4.78 is 2.10. The van der Waals surface area contributed by atoms with Crippen molar-refractivity contribution in [2.45, 2.75) is 39.8 Å². The number of aryl methyl sites for hydroxylation is 1. The van der Waals surface area contributed by atoms with E-state index in [0.717, 1.165) is 24.3 Å². The second-order valence-electron chi connectivity index (χ2n) is 5.52. The number of hydrogen-bond donors (Lipinski definition) is 2. The maximum absolute atomic E-state index is 9.38. The van der Waals surface area contributed by atoms with Crippen LogP contribution in [0.5, 0.6) is 0 Å². The van der Waals surface area contributed by atoms with Crippen molar-refractivity contribution in [1.82, 2.24) is 14.7 Å². The number of aliphatic hydroxyl groups is 1. The van der Waals surface area contributed by atoms with E-state index in [-0.39, 0.29) is 12.6 Å². The number of aliphatic hydroxyl groups excluding tert-OH is 1. The average molecular weight is 261 g/mol. The summed E-state index contributed by atoms with van der Waals surface area (Å²) >= 11 is 0. The highest BCUT2D eigenvalue weighted by Crippen LogP contribution is 2.11. The summed E-state index contributed by atoms with van der Waals surface area (Å²) in [4.78, 5) is 4.44. The number of rotatable bonds is 6. The van der Waals surface area contributed by atoms with Gasteiger partial charge in [-0.05, 0) is 30.9 Å². The van der Waals surface area contributed by atoms with Gasteiger partial charge >= 0.3 is 0 Å². The third-order valence-corrected chi connectivity index (χ3v) is 3.36. The molecule has 0 saturated carbocycles. The Morgan fingerprint density at radius 3 is 2.89 bits per heavy atom. The van der Waals surface area contributed by atoms with Crippen LogP contribution in [0.15, 0.2) is 24.5 Å². The van der Waals surface area contributed by atoms with Crippen molar-refractivity contribution in [2.24, 2.45) is 5.92 Å². The van der Waals surface area contributed by atoms with Crippen LogP contribution < -0.4 is 5.32 Å². The SMILES string of the molecule is Cc1cccn2c(CNC(CO)CC(C)C)cnc12. The molecule has 104 valence electrons. The van der Waals surface area contributed by atoms with E-state index in [1.54, 1.807) is 0 Å². The summed E-state index contributed by atoms with van der Waals surface area (Å²) in [5, 5.41) is 12.8. The third kappa shape index (κ3) is 3.33. The van der Waals surface area contributed by atoms with Crippen molar-refractivity contribution in [3.8, 4) is 0 Å². The third-order valence-electron chi connectivity index (χ3n) is 3.36. The van der Waals surface area contributed by atoms with Crippen molar-refractivity contribution in [3.05, 3.63) is 35.8 Å². The fourth-order valence-corrected chi connectivity index (χ4v) is 2.37. The normalized spacial score (nSPS) is 13.3. The number of fused-ring (bicyclic) bond motifs is 1. The predicted octanol–water partition coefficient (Wildman–Crippen LogP) is 2.14. The lowest BCUT2D eigenvalue weighted by Crippen LogP contribution is -2.33. The quantitative estimate of drug-likeness (QED) is 0.837. The van der Waals surface area contributed by atoms with Gasteiger partial charge in [-0.2, -0.15) is 0 Å². The molecule has 0 radical (unpaired) electrons. The Balaban J connectivity index is 2.07. The molecule has 0 fully saturated rings. The standard InChI is InChI=1S/C15H23N3O/c1-11(2)7-13(10-19)16-8-14-9-17-15-12(3)5-4-6-18(14)15/h4-6,9,11,13,16,19H,7-8,10H2,1-3H3. The Kier molecular flexibility index (Phi) is 4.56. The minimum absolute atomic E-state index is 0.148. The molecular formula is C15H23N3O. The fourth-order valence-electron chi connectivity index (χ4n) is 2.37. The first-order chi connectivity index (χ1) is 9.11. The summed E-state index contributed by atoms with van der Waals surface area (Å²) in [5.41, 5.74) is 3.30. The number of imidazole rings is 1. The molecule has 4 heteroatoms. The van der Waals surface area contributed by atoms with Crippen LogP contribution in [0.25, 0.3) is 5.65 Å². The Labute approximate surface area is 114 Å². The zero-order valence-corrected chi connectivity index (χ0v) is 11.9. The highest BCUT2D eigenvalue weighted by molar-refractivity contribution is 5.48. The monoisotopic (exact) mass is 261 g/mol. The largest absolute Gasteiger partial charge is 0.395 e. The maximum atomic E-state index is 9.38. The lowest BCUT2D eigenvalue weighted by Gasteiger charge is -2.18. The first kappa shape index (κ1) is 14.0. The molecule has 1 atom stereocenters. The van der Waals surface area contributed by atoms with E-state index < -0.39 is 0 Å². The van der Waals surface area contributed by atoms with E-state index in [0.29, 0.717) is 5.92 Å². The predicted molar refractivity (Wildman–Crippen MR) is 77.1 cm³/mol. The van der Waals surface area contributed by atoms with Gasteiger partial charge in [0.05, 0.1) is 18.5 Å². The van der Waals surface area contributed by atoms with E-state index in [4.69, 9.17) is 0 Å². The van der Waals surface area contributed by atoms with Gasteiger partial charge in [0, 0.05) is 18.8 Å². The molecule has 0 amide bonds. The van der Waals surface area contributed by atoms with Crippen molar-refractivity contribution in [1.29, 1.82) is 0 Å². The lowest BCUT2D eigenvalue weighted by molar-refractivity contribution is 0.223. The minimum atomic E-state index is 0.148. The second kappa shape index (κ2) is 6.17. The summed E-state index contributed by atoms with van der Waals surface area (Å²) in [6, 6.07) is 4.25. The van der Waals surface area contributed by atoms with Crippen molar-refractivity contribution in [3.63, 3.8) is 0 Å². The van der Waals surface area contributed by atoms with E-state index in [2.05, 4.69) is 41.5 Å². The molecule has 1 unspecified atom stereocenters. The van der Waals surface area contributed by atoms with Gasteiger partial charge in [-0.15, -0.1) is 0 Å². The molecule has 2 aromatic rings. The van der Waals surface area contributed by atoms with Gasteiger partial charge in [-0.25, -0.2) is 4.98 Å². The van der Waals surface area contributed by atoms with Gasteiger partial charge in [-0.3, -0.25) is 0 Å². The fraction of sp³-hybridized carbons (Fsp3) is 0.533. The highest BCUT2D eigenvalue weighted by Gasteiger charge is 2.11. The van der Waals surface area contributed by atoms with Gasteiger partial charge in [0.2, 0.25) is 0 Å². The minimum Gasteiger partial charge on any atom is -0.395 e. The molecule has 0 aliphatic heterocycles. The van der Waals surface area contributed by atoms with Gasteiger partial charge in [0.15, 0.2) is 0 Å². The smallest absolute Gasteiger partial charge is 0.139 e. The van der Waals surface area contributed by atoms with Crippen LogP contribution in [-0.4, -0.2) is 27.1 Å². The Bertz CT molecular complexity index is 533. The summed E-state index contributed by atoms with van der Waals surface area (Å²) in [7, 11) is 0. The van der Waals surface area contributed by atoms with Crippen molar-refractivity contribution >= 4 is 5.65 Å². The molecular weight excluding hydrogens is 238 g/mol. The molecule has 0 aromatic carbocycles. The molecule has 2 rings (SSSR count). The summed E-state index contributed by atoms with van der Waals surface area (Å²) in [5.74, 6) is 0.578. The second-order valence-corrected chi connectivity index (χ2v) is 5.52. The van der Waals surface area contributed by atoms with Crippen LogP contribution in [-0.2, 0) is 6.54 Å². The Hall–Kier alpha value is -1.39. The van der Waals surface area contributed by atoms with Crippen molar-refractivity contribution < 1.29 is 5.11 Å². The molecule has 0 saturated heterocycles. The van der Waals surface area contributed by atoms with E-state index in [9.17, 15) is 5.11 Å². The number of aromatic nitrogens is 2. The van der Waals surface area contributed by atoms with Crippen LogP contribution in [0.4, 0.5) is 0 Å². The molecule has 0 bridgehead atoms. The first-order valence-electron chi connectivity index (χ1n) is 6.87. The van der Waals surface area contributed by atoms with Gasteiger partial charge in [0.1, 0.15) is 5.65 Å². The molecule has 4 nitrogen and oxygen atoms in total. The number of nitrogens with one attached hydrogen (secondary N) is 1. The first-order valence-corrected chi connectivity index (χ1v) is 6.87. The topological polar surface area (TPSA) is 49.6 Å². The van der Waals surface area contributed by atoms with E-state index >= 15 is 0 Å². The number of nitrogens with zero attached hydrogens (tertiary/aromatic N) is 2. The summed E-state index contributed by atoms with van der Waals surface area (Å²) in [6.07, 6.45) is 4.91. The molecule has 0 aliphatic rings. The molecule has 2 aromatic heterocycles. The zero-order valence-electron chi connectivity index (χ0n) is 11.9. The van der Waals surface area contributed by atoms with E-state index in [1.165, 1.54) is 5.56 Å². The lowest BCUT2D eigenvalue weighted by atomic mass is 10.0. The van der Waals surface area contributed by atoms with E-state index in [1.807, 2.05) is 18.5 Å². The number of hydrogen-bond acceptors (Lipinski definition) is 3. The van der Waals surface area contributed by atoms with Crippen LogP contribution >= 0.6 is 0 Å². The maximum Gasteiger partial charge on any atom is 0.139 e. The number of pyridine rings is 1. The van der Waals surface area contributed by atoms with Gasteiger partial charge in [-0.1, -0.05) is 19.9 Å². The van der Waals surface area contributed by atoms with Crippen LogP contribution in [0.1, 0.15) is 31.5 Å². The molecule has 2 heterocycles. The average Bonchev–Trinajstić information content (AvgIpc) is 2.79. The Morgan fingerprint density at radius 1 is 1.42 bits per heavy atom. The Morgan fingerprint density at radius 2 is 2.21 bits per heavy atom. The van der Waals surface area contributed by atoms with Gasteiger partial charge < -0.3 is 14.8 Å². The van der Waals surface area contributed by atoms with Crippen LogP contribution in [0.2, 0.25) is 0 Å². The van der Waals surface area contributed by atoms with Crippen molar-refractivity contribution in [2.75, 3.05) is 6.61 Å². The molecule has 0 aliphatic carbocycles. The molecule has 0 spiro atoms. The van der Waals surface area contributed by atoms with Crippen LogP contribution in [0.3, 0.4) is 0 Å². The zero-order chi connectivity index (χ0) is 13.8. The highest BCUT2D eigenvalue weighted by atomic mass is 16.3. The molecule has 19 heavy (non-hydrogen) atoms. The molecule has 2 N–H and O–H groups in total.